The van der Waals surface area contributed by atoms with Crippen molar-refractivity contribution in [3.05, 3.63) is 53.3 Å². The monoisotopic (exact) mass is 373 g/mol. The minimum atomic E-state index is -3.78. The molecule has 0 fully saturated rings. The van der Waals surface area contributed by atoms with Gasteiger partial charge in [0.15, 0.2) is 5.78 Å². The van der Waals surface area contributed by atoms with Gasteiger partial charge in [0.25, 0.3) is 10.0 Å². The van der Waals surface area contributed by atoms with E-state index >= 15 is 0 Å². The van der Waals surface area contributed by atoms with Gasteiger partial charge in [-0.1, -0.05) is 0 Å². The van der Waals surface area contributed by atoms with Crippen molar-refractivity contribution in [1.82, 2.24) is 0 Å². The highest BCUT2D eigenvalue weighted by molar-refractivity contribution is 7.92. The number of benzene rings is 2. The van der Waals surface area contributed by atoms with Crippen molar-refractivity contribution in [1.29, 1.82) is 0 Å². The molecule has 3 rings (SSSR count). The molecule has 0 bridgehead atoms. The second kappa shape index (κ2) is 6.49. The number of hydrogen-bond donors (Lipinski definition) is 1. The number of anilines is 1. The number of ketones is 1. The molecule has 0 amide bonds. The van der Waals surface area contributed by atoms with Gasteiger partial charge < -0.3 is 9.15 Å². The molecule has 1 heterocycles. The molecule has 26 heavy (non-hydrogen) atoms. The van der Waals surface area contributed by atoms with E-state index in [-0.39, 0.29) is 10.7 Å². The molecule has 0 aliphatic heterocycles. The maximum absolute atomic E-state index is 12.7. The van der Waals surface area contributed by atoms with E-state index in [1.165, 1.54) is 26.2 Å². The van der Waals surface area contributed by atoms with Crippen LogP contribution >= 0.6 is 0 Å². The van der Waals surface area contributed by atoms with Crippen LogP contribution < -0.4 is 9.46 Å². The van der Waals surface area contributed by atoms with E-state index in [1.54, 1.807) is 38.1 Å². The van der Waals surface area contributed by atoms with E-state index in [0.717, 1.165) is 0 Å². The first kappa shape index (κ1) is 18.0. The number of ether oxygens (including phenoxy) is 1. The number of fused-ring (bicyclic) bond motifs is 1. The summed E-state index contributed by atoms with van der Waals surface area (Å²) < 4.78 is 38.6. The topological polar surface area (TPSA) is 85.6 Å². The van der Waals surface area contributed by atoms with Crippen molar-refractivity contribution < 1.29 is 22.4 Å². The lowest BCUT2D eigenvalue weighted by Gasteiger charge is -2.11. The molecule has 0 aliphatic rings. The van der Waals surface area contributed by atoms with Crippen molar-refractivity contribution in [3.8, 4) is 5.75 Å². The van der Waals surface area contributed by atoms with Crippen molar-refractivity contribution in [3.63, 3.8) is 0 Å². The predicted molar refractivity (Wildman–Crippen MR) is 99.5 cm³/mol. The van der Waals surface area contributed by atoms with E-state index in [2.05, 4.69) is 4.72 Å². The fourth-order valence-electron chi connectivity index (χ4n) is 2.87. The average molecular weight is 373 g/mol. The van der Waals surface area contributed by atoms with Crippen LogP contribution in [0, 0.1) is 13.8 Å². The Morgan fingerprint density at radius 3 is 2.35 bits per heavy atom. The number of furan rings is 1. The normalized spacial score (nSPS) is 11.5. The number of hydrogen-bond acceptors (Lipinski definition) is 5. The van der Waals surface area contributed by atoms with Gasteiger partial charge in [0, 0.05) is 5.39 Å². The number of rotatable bonds is 5. The van der Waals surface area contributed by atoms with E-state index in [1.807, 2.05) is 0 Å². The molecule has 136 valence electrons. The molecule has 0 radical (unpaired) electrons. The molecule has 7 heteroatoms. The van der Waals surface area contributed by atoms with Crippen molar-refractivity contribution in [2.24, 2.45) is 0 Å². The summed E-state index contributed by atoms with van der Waals surface area (Å²) in [6, 6.07) is 9.46. The van der Waals surface area contributed by atoms with Crippen LogP contribution in [0.3, 0.4) is 0 Å². The molecule has 3 aromatic rings. The Bertz CT molecular complexity index is 1100. The number of carbonyl (C=O) groups is 1. The number of aryl methyl sites for hydroxylation is 2. The molecular weight excluding hydrogens is 354 g/mol. The van der Waals surface area contributed by atoms with Gasteiger partial charge in [0.1, 0.15) is 17.1 Å². The van der Waals surface area contributed by atoms with Crippen molar-refractivity contribution in [2.45, 2.75) is 25.7 Å². The summed E-state index contributed by atoms with van der Waals surface area (Å²) in [6.45, 7) is 4.95. The summed E-state index contributed by atoms with van der Waals surface area (Å²) in [5.74, 6) is 0.956. The first-order chi connectivity index (χ1) is 12.2. The fourth-order valence-corrected chi connectivity index (χ4v) is 3.99. The molecule has 0 spiro atoms. The zero-order valence-corrected chi connectivity index (χ0v) is 15.7. The molecule has 1 aromatic heterocycles. The Morgan fingerprint density at radius 1 is 1.12 bits per heavy atom. The zero-order chi connectivity index (χ0) is 19.1. The van der Waals surface area contributed by atoms with Crippen molar-refractivity contribution >= 4 is 32.5 Å². The second-order valence-corrected chi connectivity index (χ2v) is 7.72. The number of methoxy groups -OCH3 is 1. The van der Waals surface area contributed by atoms with Gasteiger partial charge in [-0.15, -0.1) is 0 Å². The maximum Gasteiger partial charge on any atom is 0.261 e. The van der Waals surface area contributed by atoms with Crippen LogP contribution in [0.15, 0.2) is 45.7 Å². The highest BCUT2D eigenvalue weighted by Gasteiger charge is 2.20. The summed E-state index contributed by atoms with van der Waals surface area (Å²) in [5.41, 5.74) is 2.11. The van der Waals surface area contributed by atoms with Crippen LogP contribution in [0.25, 0.3) is 11.0 Å². The molecule has 0 unspecified atom stereocenters. The van der Waals surface area contributed by atoms with E-state index in [9.17, 15) is 13.2 Å². The molecular formula is C19H19NO5S. The molecule has 6 nitrogen and oxygen atoms in total. The SMILES string of the molecule is COc1ccc(S(=O)(=O)Nc2cc3c(C(C)=O)c(C)oc3cc2C)cc1. The van der Waals surface area contributed by atoms with Gasteiger partial charge in [-0.3, -0.25) is 9.52 Å². The van der Waals surface area contributed by atoms with E-state index < -0.39 is 10.0 Å². The maximum atomic E-state index is 12.7. The Kier molecular flexibility index (Phi) is 4.50. The minimum Gasteiger partial charge on any atom is -0.497 e. The summed E-state index contributed by atoms with van der Waals surface area (Å²) in [7, 11) is -2.26. The zero-order valence-electron chi connectivity index (χ0n) is 14.9. The Hall–Kier alpha value is -2.80. The largest absolute Gasteiger partial charge is 0.497 e. The molecule has 0 saturated carbocycles. The second-order valence-electron chi connectivity index (χ2n) is 6.03. The minimum absolute atomic E-state index is 0.118. The van der Waals surface area contributed by atoms with Gasteiger partial charge >= 0.3 is 0 Å². The molecule has 1 N–H and O–H groups in total. The molecule has 0 atom stereocenters. The van der Waals surface area contributed by atoms with E-state index in [4.69, 9.17) is 9.15 Å². The molecule has 0 saturated heterocycles. The van der Waals surface area contributed by atoms with Crippen LogP contribution in [0.5, 0.6) is 5.75 Å². The van der Waals surface area contributed by atoms with Gasteiger partial charge in [-0.2, -0.15) is 0 Å². The third-order valence-electron chi connectivity index (χ3n) is 4.18. The lowest BCUT2D eigenvalue weighted by molar-refractivity contribution is 0.101. The first-order valence-electron chi connectivity index (χ1n) is 7.94. The Labute approximate surface area is 151 Å². The summed E-state index contributed by atoms with van der Waals surface area (Å²) >= 11 is 0. The quantitative estimate of drug-likeness (QED) is 0.682. The summed E-state index contributed by atoms with van der Waals surface area (Å²) in [5, 5.41) is 0.591. The third-order valence-corrected chi connectivity index (χ3v) is 5.56. The third kappa shape index (κ3) is 3.17. The Balaban J connectivity index is 2.05. The Morgan fingerprint density at radius 2 is 1.77 bits per heavy atom. The molecule has 0 aliphatic carbocycles. The van der Waals surface area contributed by atoms with Gasteiger partial charge in [0.2, 0.25) is 0 Å². The molecule has 2 aromatic carbocycles. The number of carbonyl (C=O) groups excluding carboxylic acids is 1. The average Bonchev–Trinajstić information content (AvgIpc) is 2.89. The number of Topliss-reactive ketones (excluding diaryl/α,β-unsaturated/α-hetero) is 1. The van der Waals surface area contributed by atoms with Crippen molar-refractivity contribution in [2.75, 3.05) is 11.8 Å². The van der Waals surface area contributed by atoms with Gasteiger partial charge in [0.05, 0.1) is 23.3 Å². The van der Waals surface area contributed by atoms with Gasteiger partial charge in [-0.25, -0.2) is 8.42 Å². The highest BCUT2D eigenvalue weighted by Crippen LogP contribution is 2.32. The van der Waals surface area contributed by atoms with Crippen LogP contribution in [0.1, 0.15) is 28.6 Å². The first-order valence-corrected chi connectivity index (χ1v) is 9.43. The number of sulfonamides is 1. The standard InChI is InChI=1S/C19H19NO5S/c1-11-9-18-16(19(12(2)21)13(3)25-18)10-17(11)20-26(22,23)15-7-5-14(24-4)6-8-15/h5-10,20H,1-4H3. The summed E-state index contributed by atoms with van der Waals surface area (Å²) in [4.78, 5) is 12.0. The van der Waals surface area contributed by atoms with E-state index in [0.29, 0.717) is 39.3 Å². The fraction of sp³-hybridized carbons (Fsp3) is 0.211. The lowest BCUT2D eigenvalue weighted by atomic mass is 10.1. The van der Waals surface area contributed by atoms with Gasteiger partial charge in [-0.05, 0) is 62.7 Å². The highest BCUT2D eigenvalue weighted by atomic mass is 32.2. The lowest BCUT2D eigenvalue weighted by Crippen LogP contribution is -2.13. The van der Waals surface area contributed by atoms with Crippen LogP contribution in [0.4, 0.5) is 5.69 Å². The number of nitrogens with one attached hydrogen (secondary N) is 1. The predicted octanol–water partition coefficient (Wildman–Crippen LogP) is 4.06. The smallest absolute Gasteiger partial charge is 0.261 e. The van der Waals surface area contributed by atoms with Crippen LogP contribution in [0.2, 0.25) is 0 Å². The van der Waals surface area contributed by atoms with Crippen LogP contribution in [-0.2, 0) is 10.0 Å². The van der Waals surface area contributed by atoms with Crippen LogP contribution in [-0.4, -0.2) is 21.3 Å². The summed E-state index contributed by atoms with van der Waals surface area (Å²) in [6.07, 6.45) is 0.